The van der Waals surface area contributed by atoms with E-state index in [1.807, 2.05) is 13.0 Å². The molecule has 0 atom stereocenters. The van der Waals surface area contributed by atoms with Crippen LogP contribution in [-0.2, 0) is 23.0 Å². The molecule has 2 aromatic carbocycles. The molecule has 2 N–H and O–H groups in total. The summed E-state index contributed by atoms with van der Waals surface area (Å²) in [6.07, 6.45) is 2.53. The Morgan fingerprint density at radius 2 is 1.86 bits per heavy atom. The van der Waals surface area contributed by atoms with Gasteiger partial charge in [0, 0.05) is 31.8 Å². The van der Waals surface area contributed by atoms with Crippen LogP contribution in [0, 0.1) is 11.8 Å². The van der Waals surface area contributed by atoms with Crippen molar-refractivity contribution in [3.05, 3.63) is 64.1 Å². The number of nitrogens with one attached hydrogen (secondary N) is 1. The van der Waals surface area contributed by atoms with Crippen molar-refractivity contribution in [1.82, 2.24) is 9.62 Å². The van der Waals surface area contributed by atoms with Crippen molar-refractivity contribution in [2.24, 2.45) is 0 Å². The van der Waals surface area contributed by atoms with Crippen LogP contribution in [0.15, 0.2) is 47.4 Å². The minimum atomic E-state index is -3.46. The minimum absolute atomic E-state index is 0.112. The highest BCUT2D eigenvalue weighted by molar-refractivity contribution is 7.89. The molecule has 0 bridgehead atoms. The Bertz CT molecular complexity index is 942. The number of unbranched alkanes of at least 4 members (excludes halogenated alkanes) is 1. The molecule has 0 amide bonds. The smallest absolute Gasteiger partial charge is 0.299 e. The summed E-state index contributed by atoms with van der Waals surface area (Å²) < 4.78 is 27.2. The SMILES string of the molecule is Cc1ccc(S(=O)(=O)NCCCCN2CCc3ccc([N+](=O)O)cc3C2)cc1. The second kappa shape index (κ2) is 8.81. The van der Waals surface area contributed by atoms with E-state index < -0.39 is 10.0 Å². The van der Waals surface area contributed by atoms with E-state index in [9.17, 15) is 13.3 Å². The molecule has 0 aliphatic carbocycles. The number of nitrogens with zero attached hydrogens (tertiary/aromatic N) is 2. The van der Waals surface area contributed by atoms with Gasteiger partial charge in [0.2, 0.25) is 10.0 Å². The lowest BCUT2D eigenvalue weighted by atomic mass is 9.99. The normalized spacial score (nSPS) is 14.6. The Kier molecular flexibility index (Phi) is 6.43. The Morgan fingerprint density at radius 3 is 2.57 bits per heavy atom. The maximum absolute atomic E-state index is 12.3. The van der Waals surface area contributed by atoms with Gasteiger partial charge in [0.1, 0.15) is 0 Å². The topological polar surface area (TPSA) is 89.7 Å². The zero-order valence-corrected chi connectivity index (χ0v) is 16.8. The van der Waals surface area contributed by atoms with E-state index in [-0.39, 0.29) is 15.5 Å². The predicted molar refractivity (Wildman–Crippen MR) is 106 cm³/mol. The average molecular weight is 405 g/mol. The van der Waals surface area contributed by atoms with Gasteiger partial charge in [-0.15, -0.1) is 0 Å². The standard InChI is InChI=1S/C20H26N3O4S/c1-16-4-8-20(9-5-16)28(26,27)21-11-2-3-12-22-13-10-17-6-7-19(23(24)25)14-18(17)15-22/h4-9,14,21H,2-3,10-13,15H2,1H3,(H,24,25)/q+1. The third-order valence-electron chi connectivity index (χ3n) is 5.03. The number of benzene rings is 2. The Hall–Kier alpha value is -2.29. The van der Waals surface area contributed by atoms with E-state index in [0.717, 1.165) is 50.0 Å². The van der Waals surface area contributed by atoms with Gasteiger partial charge < -0.3 is 0 Å². The molecule has 8 heteroatoms. The van der Waals surface area contributed by atoms with Gasteiger partial charge in [-0.2, -0.15) is 0 Å². The minimum Gasteiger partial charge on any atom is -0.299 e. The van der Waals surface area contributed by atoms with Crippen LogP contribution >= 0.6 is 0 Å². The van der Waals surface area contributed by atoms with Crippen LogP contribution in [0.5, 0.6) is 0 Å². The molecule has 0 fully saturated rings. The molecule has 7 nitrogen and oxygen atoms in total. The molecule has 1 aliphatic heterocycles. The third-order valence-corrected chi connectivity index (χ3v) is 6.50. The first-order chi connectivity index (χ1) is 13.3. The van der Waals surface area contributed by atoms with Gasteiger partial charge in [-0.05, 0) is 56.0 Å². The number of hydrogen-bond donors (Lipinski definition) is 2. The number of rotatable bonds is 8. The molecule has 0 saturated heterocycles. The summed E-state index contributed by atoms with van der Waals surface area (Å²) in [4.78, 5) is 13.5. The second-order valence-electron chi connectivity index (χ2n) is 7.17. The van der Waals surface area contributed by atoms with Crippen molar-refractivity contribution in [2.75, 3.05) is 19.6 Å². The molecule has 0 radical (unpaired) electrons. The maximum atomic E-state index is 12.3. The summed E-state index contributed by atoms with van der Waals surface area (Å²) >= 11 is 0. The zero-order valence-electron chi connectivity index (χ0n) is 16.0. The molecule has 0 saturated carbocycles. The zero-order chi connectivity index (χ0) is 20.1. The molecule has 0 aromatic heterocycles. The van der Waals surface area contributed by atoms with Gasteiger partial charge in [0.05, 0.1) is 9.80 Å². The number of hydrogen-bond acceptors (Lipinski definition) is 4. The van der Waals surface area contributed by atoms with E-state index in [1.165, 1.54) is 5.56 Å². The van der Waals surface area contributed by atoms with Gasteiger partial charge in [-0.25, -0.2) is 18.3 Å². The van der Waals surface area contributed by atoms with Crippen molar-refractivity contribution in [3.63, 3.8) is 0 Å². The molecule has 3 rings (SSSR count). The van der Waals surface area contributed by atoms with Crippen molar-refractivity contribution in [2.45, 2.75) is 37.6 Å². The third kappa shape index (κ3) is 5.15. The van der Waals surface area contributed by atoms with Crippen LogP contribution in [0.25, 0.3) is 0 Å². The lowest BCUT2D eigenvalue weighted by molar-refractivity contribution is -0.729. The average Bonchev–Trinajstić information content (AvgIpc) is 2.67. The van der Waals surface area contributed by atoms with Gasteiger partial charge in [-0.3, -0.25) is 4.90 Å². The van der Waals surface area contributed by atoms with E-state index in [2.05, 4.69) is 9.62 Å². The second-order valence-corrected chi connectivity index (χ2v) is 8.94. The predicted octanol–water partition coefficient (Wildman–Crippen LogP) is 2.91. The number of sulfonamides is 1. The largest absolute Gasteiger partial charge is 0.316 e. The van der Waals surface area contributed by atoms with Gasteiger partial charge in [-0.1, -0.05) is 23.8 Å². The van der Waals surface area contributed by atoms with Crippen LogP contribution in [-0.4, -0.2) is 43.1 Å². The van der Waals surface area contributed by atoms with E-state index >= 15 is 0 Å². The molecular formula is C20H26N3O4S+. The Labute approximate surface area is 165 Å². The first-order valence-electron chi connectivity index (χ1n) is 9.42. The first-order valence-corrected chi connectivity index (χ1v) is 10.9. The molecule has 28 heavy (non-hydrogen) atoms. The fraction of sp³-hybridized carbons (Fsp3) is 0.400. The monoisotopic (exact) mass is 404 g/mol. The van der Waals surface area contributed by atoms with E-state index in [1.54, 1.807) is 36.4 Å². The fourth-order valence-electron chi connectivity index (χ4n) is 3.38. The van der Waals surface area contributed by atoms with Gasteiger partial charge in [0.15, 0.2) is 0 Å². The molecule has 1 aliphatic rings. The molecule has 1 heterocycles. The number of fused-ring (bicyclic) bond motifs is 1. The van der Waals surface area contributed by atoms with Crippen LogP contribution in [0.2, 0.25) is 0 Å². The lowest BCUT2D eigenvalue weighted by Gasteiger charge is -2.28. The van der Waals surface area contributed by atoms with Gasteiger partial charge >= 0.3 is 5.69 Å². The molecular weight excluding hydrogens is 378 g/mol. The summed E-state index contributed by atoms with van der Waals surface area (Å²) in [5, 5.41) is 9.06. The summed E-state index contributed by atoms with van der Waals surface area (Å²) in [6.45, 7) is 4.84. The highest BCUT2D eigenvalue weighted by atomic mass is 32.2. The van der Waals surface area contributed by atoms with Crippen LogP contribution in [0.1, 0.15) is 29.5 Å². The lowest BCUT2D eigenvalue weighted by Crippen LogP contribution is -2.32. The van der Waals surface area contributed by atoms with Crippen molar-refractivity contribution in [3.8, 4) is 0 Å². The van der Waals surface area contributed by atoms with Crippen molar-refractivity contribution >= 4 is 15.7 Å². The maximum Gasteiger partial charge on any atom is 0.316 e. The molecule has 0 unspecified atom stereocenters. The van der Waals surface area contributed by atoms with E-state index in [4.69, 9.17) is 5.21 Å². The Balaban J connectivity index is 1.44. The molecule has 0 spiro atoms. The highest BCUT2D eigenvalue weighted by Gasteiger charge is 2.20. The fourth-order valence-corrected chi connectivity index (χ4v) is 4.45. The highest BCUT2D eigenvalue weighted by Crippen LogP contribution is 2.23. The van der Waals surface area contributed by atoms with Crippen molar-refractivity contribution < 1.29 is 18.5 Å². The number of aryl methyl sites for hydroxylation is 1. The summed E-state index contributed by atoms with van der Waals surface area (Å²) in [7, 11) is -3.46. The first kappa shape index (κ1) is 20.4. The van der Waals surface area contributed by atoms with Crippen LogP contribution < -0.4 is 4.72 Å². The van der Waals surface area contributed by atoms with Gasteiger partial charge in [0.25, 0.3) is 4.92 Å². The summed E-state index contributed by atoms with van der Waals surface area (Å²) in [6, 6.07) is 12.1. The summed E-state index contributed by atoms with van der Waals surface area (Å²) in [5.41, 5.74) is 3.52. The Morgan fingerprint density at radius 1 is 1.11 bits per heavy atom. The van der Waals surface area contributed by atoms with Crippen LogP contribution in [0.4, 0.5) is 5.69 Å². The van der Waals surface area contributed by atoms with Crippen LogP contribution in [0.3, 0.4) is 0 Å². The van der Waals surface area contributed by atoms with Crippen molar-refractivity contribution in [1.29, 1.82) is 0 Å². The molecule has 150 valence electrons. The van der Waals surface area contributed by atoms with E-state index in [0.29, 0.717) is 6.54 Å². The summed E-state index contributed by atoms with van der Waals surface area (Å²) in [5.74, 6) is 0. The quantitative estimate of drug-likeness (QED) is 0.522. The molecule has 2 aromatic rings.